The Balaban J connectivity index is 0.00000162. The quantitative estimate of drug-likeness (QED) is 0.911. The highest BCUT2D eigenvalue weighted by molar-refractivity contribution is 6.30. The van der Waals surface area contributed by atoms with Crippen LogP contribution in [-0.2, 0) is 0 Å². The van der Waals surface area contributed by atoms with Crippen LogP contribution in [0.25, 0.3) is 0 Å². The Labute approximate surface area is 120 Å². The van der Waals surface area contributed by atoms with Gasteiger partial charge in [-0.25, -0.2) is 0 Å². The van der Waals surface area contributed by atoms with Crippen molar-refractivity contribution in [1.29, 1.82) is 0 Å². The van der Waals surface area contributed by atoms with Crippen LogP contribution >= 0.6 is 24.0 Å². The molecule has 2 rings (SSSR count). The van der Waals surface area contributed by atoms with Crippen molar-refractivity contribution >= 4 is 24.0 Å². The molecule has 102 valence electrons. The molecule has 4 heteroatoms. The summed E-state index contributed by atoms with van der Waals surface area (Å²) in [5.41, 5.74) is 0. The second kappa shape index (κ2) is 7.22. The number of hydrogen-bond donors (Lipinski definition) is 1. The fraction of sp³-hybridized carbons (Fsp3) is 0.571. The molecule has 0 aliphatic carbocycles. The van der Waals surface area contributed by atoms with Crippen molar-refractivity contribution < 1.29 is 4.74 Å². The maximum atomic E-state index is 6.12. The molecule has 1 aromatic carbocycles. The van der Waals surface area contributed by atoms with E-state index in [-0.39, 0.29) is 18.5 Å². The summed E-state index contributed by atoms with van der Waals surface area (Å²) in [5, 5.41) is 4.15. The zero-order valence-electron chi connectivity index (χ0n) is 10.9. The van der Waals surface area contributed by atoms with Gasteiger partial charge in [0.2, 0.25) is 0 Å². The van der Waals surface area contributed by atoms with Crippen LogP contribution in [0.5, 0.6) is 5.75 Å². The van der Waals surface area contributed by atoms with Gasteiger partial charge in [0.15, 0.2) is 0 Å². The van der Waals surface area contributed by atoms with Gasteiger partial charge in [0.05, 0.1) is 0 Å². The monoisotopic (exact) mass is 289 g/mol. The molecule has 1 aliphatic heterocycles. The normalized spacial score (nSPS) is 20.6. The molecule has 1 heterocycles. The summed E-state index contributed by atoms with van der Waals surface area (Å²) in [6.07, 6.45) is 1.49. The van der Waals surface area contributed by atoms with Crippen LogP contribution in [0.2, 0.25) is 5.02 Å². The third-order valence-corrected chi connectivity index (χ3v) is 3.56. The number of ether oxygens (including phenoxy) is 1. The first-order chi connectivity index (χ1) is 8.16. The number of halogens is 2. The molecule has 0 spiro atoms. The van der Waals surface area contributed by atoms with Crippen LogP contribution in [-0.4, -0.2) is 19.2 Å². The largest absolute Gasteiger partial charge is 0.490 e. The van der Waals surface area contributed by atoms with Crippen molar-refractivity contribution in [2.45, 2.75) is 26.4 Å². The van der Waals surface area contributed by atoms with E-state index in [1.54, 1.807) is 0 Å². The van der Waals surface area contributed by atoms with Crippen LogP contribution < -0.4 is 10.1 Å². The third kappa shape index (κ3) is 4.04. The molecule has 1 aromatic rings. The van der Waals surface area contributed by atoms with Crippen LogP contribution in [0, 0.1) is 11.8 Å². The Morgan fingerprint density at radius 1 is 1.28 bits per heavy atom. The minimum absolute atomic E-state index is 0. The van der Waals surface area contributed by atoms with Crippen LogP contribution in [0.15, 0.2) is 24.3 Å². The predicted octanol–water partition coefficient (Wildman–Crippen LogP) is 3.77. The third-order valence-electron chi connectivity index (χ3n) is 3.31. The number of rotatable bonds is 4. The Morgan fingerprint density at radius 3 is 2.44 bits per heavy atom. The minimum Gasteiger partial charge on any atom is -0.490 e. The summed E-state index contributed by atoms with van der Waals surface area (Å²) >= 11 is 5.87. The lowest BCUT2D eigenvalue weighted by molar-refractivity contribution is 0.0973. The number of hydrogen-bond acceptors (Lipinski definition) is 2. The average Bonchev–Trinajstić information content (AvgIpc) is 2.81. The zero-order chi connectivity index (χ0) is 12.3. The van der Waals surface area contributed by atoms with Crippen molar-refractivity contribution in [3.63, 3.8) is 0 Å². The van der Waals surface area contributed by atoms with Crippen LogP contribution in [0.1, 0.15) is 20.3 Å². The van der Waals surface area contributed by atoms with Gasteiger partial charge < -0.3 is 10.1 Å². The standard InChI is InChI=1S/C14H20ClNO.ClH/c1-10(2)14(11-7-8-16-9-11)17-13-5-3-12(15)4-6-13;/h3-6,10-11,14,16H,7-9H2,1-2H3;1H/t11-,14-;/m0./s1. The molecule has 18 heavy (non-hydrogen) atoms. The lowest BCUT2D eigenvalue weighted by Crippen LogP contribution is -2.33. The molecule has 0 aromatic heterocycles. The Morgan fingerprint density at radius 2 is 1.94 bits per heavy atom. The van der Waals surface area contributed by atoms with Gasteiger partial charge in [0.1, 0.15) is 11.9 Å². The van der Waals surface area contributed by atoms with E-state index in [2.05, 4.69) is 19.2 Å². The summed E-state index contributed by atoms with van der Waals surface area (Å²) in [4.78, 5) is 0. The van der Waals surface area contributed by atoms with E-state index in [1.165, 1.54) is 6.42 Å². The first-order valence-corrected chi connectivity index (χ1v) is 6.67. The van der Waals surface area contributed by atoms with Crippen molar-refractivity contribution in [2.24, 2.45) is 11.8 Å². The van der Waals surface area contributed by atoms with Gasteiger partial charge in [0.25, 0.3) is 0 Å². The zero-order valence-corrected chi connectivity index (χ0v) is 12.4. The Hall–Kier alpha value is -0.440. The van der Waals surface area contributed by atoms with Gasteiger partial charge in [0, 0.05) is 17.5 Å². The van der Waals surface area contributed by atoms with Gasteiger partial charge in [-0.15, -0.1) is 12.4 Å². The van der Waals surface area contributed by atoms with Crippen molar-refractivity contribution in [3.8, 4) is 5.75 Å². The molecule has 0 radical (unpaired) electrons. The van der Waals surface area contributed by atoms with E-state index in [4.69, 9.17) is 16.3 Å². The second-order valence-electron chi connectivity index (χ2n) is 5.03. The van der Waals surface area contributed by atoms with Crippen molar-refractivity contribution in [1.82, 2.24) is 5.32 Å². The highest BCUT2D eigenvalue weighted by atomic mass is 35.5. The average molecular weight is 290 g/mol. The summed E-state index contributed by atoms with van der Waals surface area (Å²) < 4.78 is 6.12. The molecule has 2 atom stereocenters. The molecule has 0 saturated carbocycles. The minimum atomic E-state index is 0. The lowest BCUT2D eigenvalue weighted by Gasteiger charge is -2.27. The van der Waals surface area contributed by atoms with Crippen molar-refractivity contribution in [2.75, 3.05) is 13.1 Å². The molecular weight excluding hydrogens is 269 g/mol. The number of nitrogens with one attached hydrogen (secondary N) is 1. The maximum Gasteiger partial charge on any atom is 0.119 e. The fourth-order valence-corrected chi connectivity index (χ4v) is 2.53. The topological polar surface area (TPSA) is 21.3 Å². The van der Waals surface area contributed by atoms with E-state index in [0.717, 1.165) is 23.9 Å². The summed E-state index contributed by atoms with van der Waals surface area (Å²) in [6.45, 7) is 6.62. The maximum absolute atomic E-state index is 6.12. The Bertz CT molecular complexity index is 347. The molecule has 1 fully saturated rings. The van der Waals surface area contributed by atoms with Gasteiger partial charge in [-0.1, -0.05) is 25.4 Å². The Kier molecular flexibility index (Phi) is 6.27. The van der Waals surface area contributed by atoms with Crippen LogP contribution in [0.4, 0.5) is 0 Å². The van der Waals surface area contributed by atoms with Gasteiger partial charge in [-0.05, 0) is 43.1 Å². The second-order valence-corrected chi connectivity index (χ2v) is 5.47. The molecule has 2 nitrogen and oxygen atoms in total. The molecule has 1 N–H and O–H groups in total. The summed E-state index contributed by atoms with van der Waals surface area (Å²) in [5.74, 6) is 2.06. The molecule has 0 amide bonds. The summed E-state index contributed by atoms with van der Waals surface area (Å²) in [7, 11) is 0. The summed E-state index contributed by atoms with van der Waals surface area (Å²) in [6, 6.07) is 7.64. The SMILES string of the molecule is CC(C)[C@H](Oc1ccc(Cl)cc1)[C@H]1CCNC1.Cl. The van der Waals surface area contributed by atoms with E-state index >= 15 is 0 Å². The van der Waals surface area contributed by atoms with E-state index in [9.17, 15) is 0 Å². The molecule has 0 bridgehead atoms. The number of benzene rings is 1. The van der Waals surface area contributed by atoms with E-state index in [0.29, 0.717) is 11.8 Å². The first-order valence-electron chi connectivity index (χ1n) is 6.30. The first kappa shape index (κ1) is 15.6. The van der Waals surface area contributed by atoms with Crippen molar-refractivity contribution in [3.05, 3.63) is 29.3 Å². The van der Waals surface area contributed by atoms with E-state index < -0.39 is 0 Å². The van der Waals surface area contributed by atoms with Gasteiger partial charge in [-0.2, -0.15) is 0 Å². The lowest BCUT2D eigenvalue weighted by atomic mass is 9.92. The predicted molar refractivity (Wildman–Crippen MR) is 78.9 cm³/mol. The molecular formula is C14H21Cl2NO. The van der Waals surface area contributed by atoms with Crippen LogP contribution in [0.3, 0.4) is 0 Å². The smallest absolute Gasteiger partial charge is 0.119 e. The van der Waals surface area contributed by atoms with E-state index in [1.807, 2.05) is 24.3 Å². The highest BCUT2D eigenvalue weighted by Crippen LogP contribution is 2.25. The van der Waals surface area contributed by atoms with Gasteiger partial charge in [-0.3, -0.25) is 0 Å². The van der Waals surface area contributed by atoms with Gasteiger partial charge >= 0.3 is 0 Å². The fourth-order valence-electron chi connectivity index (χ4n) is 2.40. The molecule has 1 aliphatic rings. The molecule has 0 unspecified atom stereocenters. The highest BCUT2D eigenvalue weighted by Gasteiger charge is 2.28. The molecule has 1 saturated heterocycles.